The van der Waals surface area contributed by atoms with Crippen molar-refractivity contribution in [3.63, 3.8) is 0 Å². The largest absolute Gasteiger partial charge is 2.00 e. The van der Waals surface area contributed by atoms with Gasteiger partial charge in [-0.25, -0.2) is 0 Å². The molecule has 0 bridgehead atoms. The minimum absolute atomic E-state index is 0. The summed E-state index contributed by atoms with van der Waals surface area (Å²) in [4.78, 5) is 11.8. The van der Waals surface area contributed by atoms with E-state index in [1.165, 1.54) is 0 Å². The molecule has 2 fully saturated rings. The van der Waals surface area contributed by atoms with Crippen LogP contribution in [0.4, 0.5) is 5.69 Å². The first-order valence-corrected chi connectivity index (χ1v) is 6.89. The Balaban J connectivity index is 0.000000253. The molecule has 4 rings (SSSR count). The van der Waals surface area contributed by atoms with E-state index in [0.717, 1.165) is 11.6 Å². The van der Waals surface area contributed by atoms with Crippen LogP contribution in [0.15, 0.2) is 24.3 Å². The minimum Gasteiger partial charge on any atom is -0.364 e. The van der Waals surface area contributed by atoms with Crippen molar-refractivity contribution in [1.82, 2.24) is 5.32 Å². The van der Waals surface area contributed by atoms with Crippen molar-refractivity contribution in [2.75, 3.05) is 5.32 Å². The summed E-state index contributed by atoms with van der Waals surface area (Å²) >= 11 is 0. The van der Waals surface area contributed by atoms with Crippen molar-refractivity contribution in [2.24, 2.45) is 0 Å². The van der Waals surface area contributed by atoms with Crippen molar-refractivity contribution < 1.29 is 21.9 Å². The van der Waals surface area contributed by atoms with E-state index in [0.29, 0.717) is 5.56 Å². The molecule has 10 radical (unpaired) electrons. The summed E-state index contributed by atoms with van der Waals surface area (Å²) in [5.41, 5.74) is 1.59. The first kappa shape index (κ1) is 17.4. The minimum atomic E-state index is -0.127. The molecule has 2 N–H and O–H groups in total. The maximum atomic E-state index is 11.8. The first-order chi connectivity index (χ1) is 10.3. The van der Waals surface area contributed by atoms with Gasteiger partial charge in [-0.1, -0.05) is 12.1 Å². The van der Waals surface area contributed by atoms with Crippen LogP contribution in [-0.2, 0) is 17.1 Å². The molecule has 3 aliphatic rings. The van der Waals surface area contributed by atoms with Gasteiger partial charge in [-0.05, 0) is 69.9 Å². The molecule has 22 heavy (non-hydrogen) atoms. The van der Waals surface area contributed by atoms with Crippen molar-refractivity contribution >= 4 is 11.6 Å². The summed E-state index contributed by atoms with van der Waals surface area (Å²) in [5, 5.41) is 6.22. The van der Waals surface area contributed by atoms with E-state index in [2.05, 4.69) is 10.6 Å². The van der Waals surface area contributed by atoms with E-state index < -0.39 is 0 Å². The number of hydrogen-bond acceptors (Lipinski definition) is 2. The van der Waals surface area contributed by atoms with Gasteiger partial charge < -0.3 is 10.6 Å². The number of benzene rings is 1. The number of carbonyl (C=O) groups is 1. The zero-order valence-corrected chi connectivity index (χ0v) is 12.9. The standard InChI is InChI=1S/C13H11N2O.C5H5.Fe/c16-13-10-7-3-4-8-11(10)14-12(15-13)9-5-1-2-6-9;1-2-4-5-3-1;/h1-8,12,14H,(H,15,16);1-5H;/q;;+2. The van der Waals surface area contributed by atoms with E-state index in [4.69, 9.17) is 0 Å². The third-order valence-electron chi connectivity index (χ3n) is 3.32. The maximum Gasteiger partial charge on any atom is 2.00 e. The Morgan fingerprint density at radius 1 is 0.773 bits per heavy atom. The third-order valence-corrected chi connectivity index (χ3v) is 3.32. The van der Waals surface area contributed by atoms with E-state index in [-0.39, 0.29) is 29.1 Å². The fourth-order valence-electron chi connectivity index (χ4n) is 2.28. The summed E-state index contributed by atoms with van der Waals surface area (Å²) in [5.74, 6) is 1.04. The molecule has 0 spiro atoms. The predicted octanol–water partition coefficient (Wildman–Crippen LogP) is 2.59. The van der Waals surface area contributed by atoms with Gasteiger partial charge in [0.2, 0.25) is 0 Å². The molecule has 110 valence electrons. The van der Waals surface area contributed by atoms with Crippen molar-refractivity contribution in [3.8, 4) is 0 Å². The second-order valence-electron chi connectivity index (χ2n) is 4.78. The summed E-state index contributed by atoms with van der Waals surface area (Å²) in [6, 6.07) is 7.53. The van der Waals surface area contributed by atoms with Crippen LogP contribution >= 0.6 is 0 Å². The van der Waals surface area contributed by atoms with Crippen LogP contribution in [0.5, 0.6) is 0 Å². The Hall–Kier alpha value is -0.991. The molecule has 1 amide bonds. The molecule has 1 aromatic rings. The maximum absolute atomic E-state index is 11.8. The van der Waals surface area contributed by atoms with Gasteiger partial charge in [0.25, 0.3) is 5.91 Å². The normalized spacial score (nSPS) is 23.5. The van der Waals surface area contributed by atoms with Crippen LogP contribution in [0, 0.1) is 63.7 Å². The molecule has 3 nitrogen and oxygen atoms in total. The number of hydrogen-bond donors (Lipinski definition) is 2. The summed E-state index contributed by atoms with van der Waals surface area (Å²) in [6.45, 7) is 0. The van der Waals surface area contributed by atoms with Crippen molar-refractivity contribution in [2.45, 2.75) is 6.17 Å². The molecule has 0 saturated heterocycles. The third kappa shape index (κ3) is 4.27. The Kier molecular flexibility index (Phi) is 6.78. The van der Waals surface area contributed by atoms with E-state index >= 15 is 0 Å². The predicted molar refractivity (Wildman–Crippen MR) is 83.3 cm³/mol. The number of fused-ring (bicyclic) bond motifs is 1. The van der Waals surface area contributed by atoms with E-state index in [1.54, 1.807) is 0 Å². The Morgan fingerprint density at radius 2 is 1.36 bits per heavy atom. The van der Waals surface area contributed by atoms with Crippen LogP contribution in [0.1, 0.15) is 10.4 Å². The molecular formula is C18H16FeN2O+2. The number of nitrogens with one attached hydrogen (secondary N) is 2. The number of para-hydroxylation sites is 1. The second-order valence-corrected chi connectivity index (χ2v) is 4.78. The fourth-order valence-corrected chi connectivity index (χ4v) is 2.28. The topological polar surface area (TPSA) is 41.1 Å². The van der Waals surface area contributed by atoms with Gasteiger partial charge in [-0.2, -0.15) is 0 Å². The smallest absolute Gasteiger partial charge is 0.364 e. The summed E-state index contributed by atoms with van der Waals surface area (Å²) < 4.78 is 0. The van der Waals surface area contributed by atoms with Gasteiger partial charge in [0, 0.05) is 11.6 Å². The molecule has 1 unspecified atom stereocenters. The average molecular weight is 332 g/mol. The average Bonchev–Trinajstić information content (AvgIpc) is 3.23. The number of amides is 1. The van der Waals surface area contributed by atoms with Crippen LogP contribution in [-0.4, -0.2) is 12.1 Å². The zero-order valence-electron chi connectivity index (χ0n) is 11.8. The summed E-state index contributed by atoms with van der Waals surface area (Å²) in [6.07, 6.45) is 17.8. The van der Waals surface area contributed by atoms with Gasteiger partial charge in [-0.3, -0.25) is 4.79 Å². The molecule has 0 aromatic heterocycles. The van der Waals surface area contributed by atoms with Gasteiger partial charge in [-0.15, -0.1) is 0 Å². The molecular weight excluding hydrogens is 316 g/mol. The first-order valence-electron chi connectivity index (χ1n) is 6.89. The number of rotatable bonds is 1. The van der Waals surface area contributed by atoms with E-state index in [9.17, 15) is 4.79 Å². The van der Waals surface area contributed by atoms with Crippen LogP contribution in [0.2, 0.25) is 0 Å². The van der Waals surface area contributed by atoms with Crippen LogP contribution in [0.25, 0.3) is 0 Å². The number of anilines is 1. The molecule has 2 aliphatic carbocycles. The Labute approximate surface area is 144 Å². The van der Waals surface area contributed by atoms with Crippen LogP contribution < -0.4 is 10.6 Å². The van der Waals surface area contributed by atoms with Gasteiger partial charge >= 0.3 is 17.1 Å². The van der Waals surface area contributed by atoms with Crippen LogP contribution in [0.3, 0.4) is 0 Å². The Morgan fingerprint density at radius 3 is 2.00 bits per heavy atom. The Bertz CT molecular complexity index is 474. The second kappa shape index (κ2) is 8.59. The van der Waals surface area contributed by atoms with Gasteiger partial charge in [0.05, 0.1) is 5.56 Å². The monoisotopic (exact) mass is 332 g/mol. The molecule has 2 saturated carbocycles. The fraction of sp³-hybridized carbons (Fsp3) is 0.0556. The zero-order chi connectivity index (χ0) is 14.5. The SMILES string of the molecule is O=C1NC([C]2[CH][CH][CH][CH]2)Nc2ccccc21.[CH]1[CH][CH][CH][CH]1.[Fe+2]. The van der Waals surface area contributed by atoms with Gasteiger partial charge in [0.1, 0.15) is 6.17 Å². The van der Waals surface area contributed by atoms with Crippen molar-refractivity contribution in [3.05, 3.63) is 93.5 Å². The molecule has 1 heterocycles. The molecule has 1 aromatic carbocycles. The quantitative estimate of drug-likeness (QED) is 0.776. The van der Waals surface area contributed by atoms with E-state index in [1.807, 2.05) is 82.1 Å². The van der Waals surface area contributed by atoms with Gasteiger partial charge in [0.15, 0.2) is 0 Å². The number of carbonyl (C=O) groups excluding carboxylic acids is 1. The molecule has 1 atom stereocenters. The molecule has 4 heteroatoms. The summed E-state index contributed by atoms with van der Waals surface area (Å²) in [7, 11) is 0. The molecule has 1 aliphatic heterocycles. The van der Waals surface area contributed by atoms with Crippen molar-refractivity contribution in [1.29, 1.82) is 0 Å².